The molecule has 1 aromatic carbocycles. The number of ether oxygens (including phenoxy) is 1. The first-order valence-corrected chi connectivity index (χ1v) is 11.9. The van der Waals surface area contributed by atoms with Crippen LogP contribution in [0.3, 0.4) is 0 Å². The summed E-state index contributed by atoms with van der Waals surface area (Å²) in [5.74, 6) is 0.504. The average Bonchev–Trinajstić information content (AvgIpc) is 3.43. The fraction of sp³-hybridized carbons (Fsp3) is 0.350. The van der Waals surface area contributed by atoms with Crippen molar-refractivity contribution in [2.24, 2.45) is 0 Å². The van der Waals surface area contributed by atoms with Crippen LogP contribution in [0, 0.1) is 0 Å². The van der Waals surface area contributed by atoms with Gasteiger partial charge in [-0.15, -0.1) is 11.3 Å². The number of nitrogens with zero attached hydrogens (tertiary/aromatic N) is 2. The van der Waals surface area contributed by atoms with Crippen LogP contribution in [0.1, 0.15) is 6.42 Å². The molecular formula is C20H23N3O4S2. The minimum absolute atomic E-state index is 0.0709. The Balaban J connectivity index is 1.53. The molecule has 0 unspecified atom stereocenters. The van der Waals surface area contributed by atoms with Crippen molar-refractivity contribution in [3.63, 3.8) is 0 Å². The fourth-order valence-electron chi connectivity index (χ4n) is 3.15. The third kappa shape index (κ3) is 4.69. The van der Waals surface area contributed by atoms with Gasteiger partial charge < -0.3 is 14.5 Å². The second-order valence-corrected chi connectivity index (χ2v) is 9.49. The zero-order chi connectivity index (χ0) is 20.1. The lowest BCUT2D eigenvalue weighted by Crippen LogP contribution is -2.37. The van der Waals surface area contributed by atoms with E-state index in [-0.39, 0.29) is 15.8 Å². The van der Waals surface area contributed by atoms with Gasteiger partial charge >= 0.3 is 0 Å². The Morgan fingerprint density at radius 2 is 1.90 bits per heavy atom. The standard InChI is InChI=1S/C20H23N3O4S2/c24-29(25,16-6-2-1-3-7-16)20-19(27-18(22-20)17-8-4-15-28-17)21-9-5-10-23-11-13-26-14-12-23/h1-4,6-8,15,21H,5,9-14H2. The number of thiophene rings is 1. The van der Waals surface area contributed by atoms with E-state index in [9.17, 15) is 8.42 Å². The summed E-state index contributed by atoms with van der Waals surface area (Å²) in [5.41, 5.74) is 0. The molecule has 2 aromatic heterocycles. The first kappa shape index (κ1) is 20.1. The fourth-order valence-corrected chi connectivity index (χ4v) is 5.09. The van der Waals surface area contributed by atoms with Crippen LogP contribution in [0.25, 0.3) is 10.8 Å². The highest BCUT2D eigenvalue weighted by Crippen LogP contribution is 2.33. The van der Waals surface area contributed by atoms with E-state index in [1.54, 1.807) is 30.3 Å². The molecule has 0 saturated carbocycles. The summed E-state index contributed by atoms with van der Waals surface area (Å²) in [5, 5.41) is 4.98. The molecule has 1 saturated heterocycles. The van der Waals surface area contributed by atoms with Gasteiger partial charge in [-0.25, -0.2) is 8.42 Å². The van der Waals surface area contributed by atoms with Crippen LogP contribution in [0.15, 0.2) is 62.2 Å². The highest BCUT2D eigenvalue weighted by Gasteiger charge is 2.28. The maximum atomic E-state index is 13.1. The van der Waals surface area contributed by atoms with E-state index in [0.29, 0.717) is 12.4 Å². The zero-order valence-corrected chi connectivity index (χ0v) is 17.5. The molecule has 4 rings (SSSR count). The van der Waals surface area contributed by atoms with Crippen LogP contribution in [-0.2, 0) is 14.6 Å². The first-order chi connectivity index (χ1) is 14.1. The van der Waals surface area contributed by atoms with Gasteiger partial charge in [-0.2, -0.15) is 4.98 Å². The zero-order valence-electron chi connectivity index (χ0n) is 15.9. The van der Waals surface area contributed by atoms with Gasteiger partial charge in [-0.05, 0) is 36.5 Å². The molecule has 0 bridgehead atoms. The van der Waals surface area contributed by atoms with Crippen LogP contribution in [-0.4, -0.2) is 57.7 Å². The van der Waals surface area contributed by atoms with Crippen molar-refractivity contribution in [2.75, 3.05) is 44.7 Å². The van der Waals surface area contributed by atoms with Gasteiger partial charge in [0.25, 0.3) is 0 Å². The summed E-state index contributed by atoms with van der Waals surface area (Å²) in [7, 11) is -3.79. The number of nitrogens with one attached hydrogen (secondary N) is 1. The Bertz CT molecular complexity index is 1010. The summed E-state index contributed by atoms with van der Waals surface area (Å²) < 4.78 is 37.5. The summed E-state index contributed by atoms with van der Waals surface area (Å²) in [6.07, 6.45) is 0.861. The minimum atomic E-state index is -3.79. The van der Waals surface area contributed by atoms with Crippen LogP contribution in [0.4, 0.5) is 5.88 Å². The van der Waals surface area contributed by atoms with Crippen molar-refractivity contribution in [1.29, 1.82) is 0 Å². The Hall–Kier alpha value is -2.20. The molecule has 9 heteroatoms. The smallest absolute Gasteiger partial charge is 0.240 e. The number of anilines is 1. The van der Waals surface area contributed by atoms with E-state index in [4.69, 9.17) is 9.15 Å². The predicted molar refractivity (Wildman–Crippen MR) is 112 cm³/mol. The number of benzene rings is 1. The Labute approximate surface area is 174 Å². The second-order valence-electron chi connectivity index (χ2n) is 6.68. The maximum absolute atomic E-state index is 13.1. The summed E-state index contributed by atoms with van der Waals surface area (Å²) >= 11 is 1.45. The lowest BCUT2D eigenvalue weighted by atomic mass is 10.3. The maximum Gasteiger partial charge on any atom is 0.240 e. The molecule has 3 heterocycles. The molecule has 0 atom stereocenters. The quantitative estimate of drug-likeness (QED) is 0.545. The highest BCUT2D eigenvalue weighted by molar-refractivity contribution is 7.91. The number of morpholine rings is 1. The normalized spacial score (nSPS) is 15.4. The molecule has 29 heavy (non-hydrogen) atoms. The van der Waals surface area contributed by atoms with Gasteiger partial charge in [0, 0.05) is 19.6 Å². The lowest BCUT2D eigenvalue weighted by molar-refractivity contribution is 0.0378. The van der Waals surface area contributed by atoms with Crippen molar-refractivity contribution < 1.29 is 17.6 Å². The van der Waals surface area contributed by atoms with E-state index < -0.39 is 9.84 Å². The number of rotatable bonds is 8. The Morgan fingerprint density at radius 1 is 1.10 bits per heavy atom. The molecule has 1 aliphatic heterocycles. The minimum Gasteiger partial charge on any atom is -0.418 e. The van der Waals surface area contributed by atoms with Crippen molar-refractivity contribution in [1.82, 2.24) is 9.88 Å². The summed E-state index contributed by atoms with van der Waals surface area (Å²) in [6.45, 7) is 4.89. The van der Waals surface area contributed by atoms with Crippen molar-refractivity contribution >= 4 is 27.1 Å². The molecule has 154 valence electrons. The monoisotopic (exact) mass is 433 g/mol. The number of oxazole rings is 1. The largest absolute Gasteiger partial charge is 0.418 e. The van der Waals surface area contributed by atoms with E-state index in [1.165, 1.54) is 11.3 Å². The van der Waals surface area contributed by atoms with Crippen molar-refractivity contribution in [3.05, 3.63) is 47.8 Å². The molecule has 1 aliphatic rings. The molecule has 7 nitrogen and oxygen atoms in total. The first-order valence-electron chi connectivity index (χ1n) is 9.53. The van der Waals surface area contributed by atoms with E-state index >= 15 is 0 Å². The van der Waals surface area contributed by atoms with Gasteiger partial charge in [0.15, 0.2) is 0 Å². The number of hydrogen-bond acceptors (Lipinski definition) is 8. The Kier molecular flexibility index (Phi) is 6.29. The molecule has 0 radical (unpaired) electrons. The molecule has 1 N–H and O–H groups in total. The molecular weight excluding hydrogens is 410 g/mol. The van der Waals surface area contributed by atoms with Crippen molar-refractivity contribution in [2.45, 2.75) is 16.3 Å². The van der Waals surface area contributed by atoms with Gasteiger partial charge in [0.1, 0.15) is 0 Å². The lowest BCUT2D eigenvalue weighted by Gasteiger charge is -2.26. The second kappa shape index (κ2) is 9.08. The number of hydrogen-bond donors (Lipinski definition) is 1. The van der Waals surface area contributed by atoms with Gasteiger partial charge in [-0.3, -0.25) is 4.90 Å². The third-order valence-corrected chi connectivity index (χ3v) is 7.21. The number of aromatic nitrogens is 1. The van der Waals surface area contributed by atoms with Crippen molar-refractivity contribution in [3.8, 4) is 10.8 Å². The number of sulfone groups is 1. The van der Waals surface area contributed by atoms with E-state index in [2.05, 4.69) is 15.2 Å². The van der Waals surface area contributed by atoms with E-state index in [0.717, 1.165) is 44.1 Å². The average molecular weight is 434 g/mol. The summed E-state index contributed by atoms with van der Waals surface area (Å²) in [4.78, 5) is 7.66. The third-order valence-electron chi connectivity index (χ3n) is 4.68. The molecule has 1 fully saturated rings. The van der Waals surface area contributed by atoms with E-state index in [1.807, 2.05) is 17.5 Å². The van der Waals surface area contributed by atoms with Crippen LogP contribution in [0.5, 0.6) is 0 Å². The molecule has 3 aromatic rings. The van der Waals surface area contributed by atoms with Gasteiger partial charge in [0.05, 0.1) is 23.0 Å². The predicted octanol–water partition coefficient (Wildman–Crippen LogP) is 3.37. The topological polar surface area (TPSA) is 84.7 Å². The van der Waals surface area contributed by atoms with Gasteiger partial charge in [-0.1, -0.05) is 24.3 Å². The summed E-state index contributed by atoms with van der Waals surface area (Å²) in [6, 6.07) is 12.0. The van der Waals surface area contributed by atoms with Crippen LogP contribution < -0.4 is 5.32 Å². The molecule has 0 aliphatic carbocycles. The van der Waals surface area contributed by atoms with Crippen LogP contribution in [0.2, 0.25) is 0 Å². The molecule has 0 amide bonds. The molecule has 0 spiro atoms. The van der Waals surface area contributed by atoms with Gasteiger partial charge in [0.2, 0.25) is 26.6 Å². The highest BCUT2D eigenvalue weighted by atomic mass is 32.2. The SMILES string of the molecule is O=S(=O)(c1ccccc1)c1nc(-c2cccs2)oc1NCCCN1CCOCC1. The Morgan fingerprint density at radius 3 is 2.62 bits per heavy atom. The van der Waals surface area contributed by atoms with Crippen LogP contribution >= 0.6 is 11.3 Å².